The van der Waals surface area contributed by atoms with E-state index in [1.165, 1.54) is 25.6 Å². The number of rotatable bonds is 4. The van der Waals surface area contributed by atoms with Gasteiger partial charge in [0.25, 0.3) is 0 Å². The summed E-state index contributed by atoms with van der Waals surface area (Å²) in [7, 11) is -2.91. The first kappa shape index (κ1) is 25.2. The summed E-state index contributed by atoms with van der Waals surface area (Å²) < 4.78 is 54.8. The number of aromatic amines is 1. The van der Waals surface area contributed by atoms with Gasteiger partial charge in [-0.25, -0.2) is 14.8 Å². The summed E-state index contributed by atoms with van der Waals surface area (Å²) in [6.07, 6.45) is -0.142. The van der Waals surface area contributed by atoms with Crippen LogP contribution in [0.4, 0.5) is 24.8 Å². The zero-order chi connectivity index (χ0) is 25.8. The molecule has 0 amide bonds. The average Bonchev–Trinajstić information content (AvgIpc) is 3.18. The third kappa shape index (κ3) is 4.80. The van der Waals surface area contributed by atoms with E-state index in [2.05, 4.69) is 39.0 Å². The molecule has 3 aromatic rings. The van der Waals surface area contributed by atoms with E-state index in [1.54, 1.807) is 6.07 Å². The molecule has 2 aromatic heterocycles. The number of alkyl halides is 3. The number of nitrogens with two attached hydrogens (primary N) is 1. The van der Waals surface area contributed by atoms with E-state index in [4.69, 9.17) is 12.3 Å². The topological polar surface area (TPSA) is 101 Å². The van der Waals surface area contributed by atoms with Gasteiger partial charge in [0.2, 0.25) is 5.95 Å². The molecule has 2 atom stereocenters. The average molecular weight is 504 g/mol. The predicted octanol–water partition coefficient (Wildman–Crippen LogP) is 5.76. The van der Waals surface area contributed by atoms with Gasteiger partial charge in [0.1, 0.15) is 12.7 Å². The molecule has 2 heterocycles. The van der Waals surface area contributed by atoms with Gasteiger partial charge in [0.15, 0.2) is 5.69 Å². The molecule has 1 aliphatic rings. The molecule has 1 fully saturated rings. The van der Waals surface area contributed by atoms with Crippen LogP contribution >= 0.6 is 7.14 Å². The molecule has 0 radical (unpaired) electrons. The lowest BCUT2D eigenvalue weighted by atomic mass is 9.72. The van der Waals surface area contributed by atoms with Crippen LogP contribution in [0.1, 0.15) is 38.7 Å². The van der Waals surface area contributed by atoms with Gasteiger partial charge in [-0.3, -0.25) is 0 Å². The molecule has 11 heteroatoms. The van der Waals surface area contributed by atoms with Crippen LogP contribution in [0.3, 0.4) is 0 Å². The highest BCUT2D eigenvalue weighted by molar-refractivity contribution is 7.71. The van der Waals surface area contributed by atoms with E-state index in [9.17, 15) is 17.7 Å². The SMILES string of the molecule is [C-]#[N+]c1ccc2c(-c3nc(N[C@@H]4CCC(C)(C)[C@H](N)C4)ncc3C(F)(F)F)c[nH]c2c1P(C)(C)=O. The van der Waals surface area contributed by atoms with Gasteiger partial charge in [0.05, 0.1) is 12.3 Å². The summed E-state index contributed by atoms with van der Waals surface area (Å²) in [5, 5.41) is 3.89. The molecule has 186 valence electrons. The van der Waals surface area contributed by atoms with Crippen LogP contribution < -0.4 is 16.4 Å². The second-order valence-electron chi connectivity index (χ2n) is 10.2. The standard InChI is InChI=1S/C24H28F3N6OP/c1-23(2)9-8-13(10-18(23)28)32-22-31-12-16(24(25,26)27)19(33-22)15-11-30-20-14(15)6-7-17(29-3)21(20)35(4,5)34/h6-7,11-13,18,30H,8-10,28H2,1-2,4-5H3,(H,31,32,33)/t13-,18-/m1/s1. The fourth-order valence-corrected chi connectivity index (χ4v) is 6.06. The van der Waals surface area contributed by atoms with E-state index in [1.807, 2.05) is 0 Å². The number of hydrogen-bond donors (Lipinski definition) is 3. The number of benzene rings is 1. The number of anilines is 1. The van der Waals surface area contributed by atoms with Gasteiger partial charge >= 0.3 is 6.18 Å². The van der Waals surface area contributed by atoms with Gasteiger partial charge in [-0.1, -0.05) is 26.0 Å². The van der Waals surface area contributed by atoms with Crippen LogP contribution in [0.15, 0.2) is 24.5 Å². The van der Waals surface area contributed by atoms with E-state index in [0.29, 0.717) is 22.6 Å². The Kier molecular flexibility index (Phi) is 6.23. The van der Waals surface area contributed by atoms with E-state index >= 15 is 0 Å². The number of nitrogens with one attached hydrogen (secondary N) is 2. The van der Waals surface area contributed by atoms with Crippen LogP contribution in [0, 0.1) is 12.0 Å². The van der Waals surface area contributed by atoms with Crippen molar-refractivity contribution in [3.63, 3.8) is 0 Å². The molecule has 0 aliphatic heterocycles. The van der Waals surface area contributed by atoms with E-state index in [0.717, 1.165) is 19.0 Å². The Morgan fingerprint density at radius 1 is 1.31 bits per heavy atom. The Bertz CT molecular complexity index is 1370. The maximum atomic E-state index is 13.9. The highest BCUT2D eigenvalue weighted by Crippen LogP contribution is 2.45. The molecule has 1 aliphatic carbocycles. The van der Waals surface area contributed by atoms with Crippen molar-refractivity contribution in [2.75, 3.05) is 18.6 Å². The molecule has 0 bridgehead atoms. The molecule has 1 saturated carbocycles. The maximum absolute atomic E-state index is 13.9. The highest BCUT2D eigenvalue weighted by atomic mass is 31.2. The molecule has 0 saturated heterocycles. The fourth-order valence-electron chi connectivity index (χ4n) is 4.66. The Labute approximate surface area is 201 Å². The number of halogens is 3. The van der Waals surface area contributed by atoms with Gasteiger partial charge < -0.3 is 20.6 Å². The van der Waals surface area contributed by atoms with Crippen LogP contribution in [0.25, 0.3) is 27.0 Å². The first-order valence-electron chi connectivity index (χ1n) is 11.3. The zero-order valence-corrected chi connectivity index (χ0v) is 20.9. The van der Waals surface area contributed by atoms with Gasteiger partial charge in [-0.05, 0) is 38.0 Å². The quantitative estimate of drug-likeness (QED) is 0.310. The predicted molar refractivity (Wildman–Crippen MR) is 133 cm³/mol. The lowest BCUT2D eigenvalue weighted by Crippen LogP contribution is -2.46. The molecule has 1 aromatic carbocycles. The molecular formula is C24H28F3N6OP. The minimum absolute atomic E-state index is 0.00569. The lowest BCUT2D eigenvalue weighted by Gasteiger charge is -2.40. The number of aromatic nitrogens is 3. The summed E-state index contributed by atoms with van der Waals surface area (Å²) in [4.78, 5) is 14.7. The monoisotopic (exact) mass is 504 g/mol. The van der Waals surface area contributed by atoms with Gasteiger partial charge in [0, 0.05) is 46.2 Å². The minimum atomic E-state index is -4.68. The van der Waals surface area contributed by atoms with Gasteiger partial charge in [-0.15, -0.1) is 0 Å². The number of hydrogen-bond acceptors (Lipinski definition) is 5. The first-order valence-corrected chi connectivity index (χ1v) is 13.9. The lowest BCUT2D eigenvalue weighted by molar-refractivity contribution is -0.137. The van der Waals surface area contributed by atoms with Crippen molar-refractivity contribution in [3.8, 4) is 11.3 Å². The zero-order valence-electron chi connectivity index (χ0n) is 20.0. The first-order chi connectivity index (χ1) is 16.2. The molecule has 7 nitrogen and oxygen atoms in total. The van der Waals surface area contributed by atoms with Crippen molar-refractivity contribution in [2.45, 2.75) is 51.4 Å². The van der Waals surface area contributed by atoms with Crippen molar-refractivity contribution >= 4 is 35.0 Å². The smallest absolute Gasteiger partial charge is 0.361 e. The summed E-state index contributed by atoms with van der Waals surface area (Å²) in [5.41, 5.74) is 5.82. The summed E-state index contributed by atoms with van der Waals surface area (Å²) in [6.45, 7) is 14.7. The normalized spacial score (nSPS) is 20.5. The molecular weight excluding hydrogens is 476 g/mol. The Balaban J connectivity index is 1.82. The molecule has 4 N–H and O–H groups in total. The second-order valence-corrected chi connectivity index (χ2v) is 13.3. The third-order valence-electron chi connectivity index (χ3n) is 6.83. The highest BCUT2D eigenvalue weighted by Gasteiger charge is 2.37. The van der Waals surface area contributed by atoms with Crippen LogP contribution in [-0.2, 0) is 10.7 Å². The molecule has 4 rings (SSSR count). The van der Waals surface area contributed by atoms with Crippen molar-refractivity contribution in [1.82, 2.24) is 15.0 Å². The van der Waals surface area contributed by atoms with Crippen molar-refractivity contribution in [1.29, 1.82) is 0 Å². The Hall–Kier alpha value is -2.89. The Morgan fingerprint density at radius 3 is 2.63 bits per heavy atom. The summed E-state index contributed by atoms with van der Waals surface area (Å²) in [5.74, 6) is 0.0916. The van der Waals surface area contributed by atoms with Crippen molar-refractivity contribution in [3.05, 3.63) is 41.5 Å². The summed E-state index contributed by atoms with van der Waals surface area (Å²) in [6, 6.07) is 2.95. The third-order valence-corrected chi connectivity index (χ3v) is 8.36. The fraction of sp³-hybridized carbons (Fsp3) is 0.458. The van der Waals surface area contributed by atoms with Crippen LogP contribution in [0.5, 0.6) is 0 Å². The van der Waals surface area contributed by atoms with Crippen LogP contribution in [-0.4, -0.2) is 40.4 Å². The van der Waals surface area contributed by atoms with E-state index in [-0.39, 0.29) is 40.4 Å². The van der Waals surface area contributed by atoms with E-state index < -0.39 is 18.9 Å². The largest absolute Gasteiger partial charge is 0.419 e. The second kappa shape index (κ2) is 8.65. The summed E-state index contributed by atoms with van der Waals surface area (Å²) >= 11 is 0. The van der Waals surface area contributed by atoms with Gasteiger partial charge in [-0.2, -0.15) is 13.2 Å². The number of nitrogens with zero attached hydrogens (tertiary/aromatic N) is 3. The maximum Gasteiger partial charge on any atom is 0.419 e. The van der Waals surface area contributed by atoms with Crippen molar-refractivity contribution < 1.29 is 17.7 Å². The molecule has 35 heavy (non-hydrogen) atoms. The molecule has 0 spiro atoms. The number of fused-ring (bicyclic) bond motifs is 1. The minimum Gasteiger partial charge on any atom is -0.361 e. The van der Waals surface area contributed by atoms with Crippen LogP contribution in [0.2, 0.25) is 0 Å². The number of H-pyrrole nitrogens is 1. The molecule has 0 unspecified atom stereocenters. The Morgan fingerprint density at radius 2 is 2.03 bits per heavy atom. The van der Waals surface area contributed by atoms with Crippen molar-refractivity contribution in [2.24, 2.45) is 11.1 Å².